The van der Waals surface area contributed by atoms with Crippen LogP contribution in [0.15, 0.2) is 24.3 Å². The summed E-state index contributed by atoms with van der Waals surface area (Å²) in [5.41, 5.74) is 2.62. The van der Waals surface area contributed by atoms with E-state index < -0.39 is 0 Å². The highest BCUT2D eigenvalue weighted by Crippen LogP contribution is 2.28. The fourth-order valence-corrected chi connectivity index (χ4v) is 2.47. The van der Waals surface area contributed by atoms with E-state index in [0.717, 1.165) is 19.5 Å². The molecular formula is C16H22N2. The lowest BCUT2D eigenvalue weighted by Gasteiger charge is -2.27. The Hall–Kier alpha value is -1.49. The summed E-state index contributed by atoms with van der Waals surface area (Å²) in [6, 6.07) is 11.1. The first kappa shape index (κ1) is 13.0. The molecule has 96 valence electrons. The molecule has 1 aromatic rings. The van der Waals surface area contributed by atoms with Gasteiger partial charge in [0.2, 0.25) is 0 Å². The van der Waals surface area contributed by atoms with Crippen molar-refractivity contribution in [1.29, 1.82) is 5.26 Å². The number of nitriles is 1. The van der Waals surface area contributed by atoms with E-state index in [2.05, 4.69) is 35.2 Å². The van der Waals surface area contributed by atoms with Crippen molar-refractivity contribution in [2.45, 2.75) is 39.5 Å². The normalized spacial score (nSPS) is 15.7. The van der Waals surface area contributed by atoms with Gasteiger partial charge in [-0.25, -0.2) is 0 Å². The van der Waals surface area contributed by atoms with Gasteiger partial charge >= 0.3 is 0 Å². The summed E-state index contributed by atoms with van der Waals surface area (Å²) in [6.45, 7) is 6.16. The van der Waals surface area contributed by atoms with Gasteiger partial charge in [-0.2, -0.15) is 5.26 Å². The first-order chi connectivity index (χ1) is 8.62. The number of para-hydroxylation sites is 1. The Morgan fingerprint density at radius 1 is 1.28 bits per heavy atom. The van der Waals surface area contributed by atoms with E-state index in [1.807, 2.05) is 13.8 Å². The molecule has 1 aliphatic heterocycles. The van der Waals surface area contributed by atoms with Crippen molar-refractivity contribution in [2.24, 2.45) is 5.41 Å². The monoisotopic (exact) mass is 242 g/mol. The Bertz CT molecular complexity index is 443. The van der Waals surface area contributed by atoms with E-state index in [1.54, 1.807) is 0 Å². The van der Waals surface area contributed by atoms with Crippen molar-refractivity contribution in [1.82, 2.24) is 0 Å². The van der Waals surface area contributed by atoms with Gasteiger partial charge in [0.1, 0.15) is 0 Å². The summed E-state index contributed by atoms with van der Waals surface area (Å²) >= 11 is 0. The lowest BCUT2D eigenvalue weighted by atomic mass is 9.91. The molecule has 0 atom stereocenters. The van der Waals surface area contributed by atoms with Crippen LogP contribution in [0.5, 0.6) is 0 Å². The Labute approximate surface area is 110 Å². The summed E-state index contributed by atoms with van der Waals surface area (Å²) in [7, 11) is 0. The molecule has 0 saturated heterocycles. The Morgan fingerprint density at radius 3 is 2.83 bits per heavy atom. The maximum absolute atomic E-state index is 9.11. The highest BCUT2D eigenvalue weighted by molar-refractivity contribution is 5.54. The van der Waals surface area contributed by atoms with Crippen LogP contribution in [0.3, 0.4) is 0 Å². The van der Waals surface area contributed by atoms with Gasteiger partial charge in [-0.3, -0.25) is 0 Å². The van der Waals surface area contributed by atoms with Crippen LogP contribution in [0.4, 0.5) is 5.69 Å². The lowest BCUT2D eigenvalue weighted by molar-refractivity contribution is 0.449. The van der Waals surface area contributed by atoms with Crippen molar-refractivity contribution in [3.05, 3.63) is 29.8 Å². The molecule has 0 unspecified atom stereocenters. The number of aryl methyl sites for hydroxylation is 1. The van der Waals surface area contributed by atoms with Gasteiger partial charge in [-0.1, -0.05) is 18.2 Å². The molecule has 2 heteroatoms. The third-order valence-corrected chi connectivity index (χ3v) is 3.77. The van der Waals surface area contributed by atoms with Gasteiger partial charge in [0.05, 0.1) is 11.5 Å². The fourth-order valence-electron chi connectivity index (χ4n) is 2.47. The molecule has 1 heterocycles. The molecule has 0 N–H and O–H groups in total. The highest BCUT2D eigenvalue weighted by atomic mass is 15.1. The lowest BCUT2D eigenvalue weighted by Crippen LogP contribution is -2.28. The quantitative estimate of drug-likeness (QED) is 0.806. The number of anilines is 1. The second-order valence-electron chi connectivity index (χ2n) is 5.82. The molecular weight excluding hydrogens is 220 g/mol. The fraction of sp³-hybridized carbons (Fsp3) is 0.562. The first-order valence-electron chi connectivity index (χ1n) is 6.86. The zero-order valence-electron chi connectivity index (χ0n) is 11.4. The molecule has 0 spiro atoms. The van der Waals surface area contributed by atoms with Crippen LogP contribution < -0.4 is 4.90 Å². The van der Waals surface area contributed by atoms with Crippen LogP contribution in [-0.4, -0.2) is 13.1 Å². The van der Waals surface area contributed by atoms with Crippen molar-refractivity contribution in [3.63, 3.8) is 0 Å². The SMILES string of the molecule is CC(C)(C#N)CCN1CCCCc2ccccc21. The zero-order valence-corrected chi connectivity index (χ0v) is 11.4. The van der Waals surface area contributed by atoms with Crippen molar-refractivity contribution < 1.29 is 0 Å². The summed E-state index contributed by atoms with van der Waals surface area (Å²) in [4.78, 5) is 2.46. The minimum absolute atomic E-state index is 0.221. The molecule has 0 fully saturated rings. The highest BCUT2D eigenvalue weighted by Gasteiger charge is 2.20. The van der Waals surface area contributed by atoms with Crippen LogP contribution in [-0.2, 0) is 6.42 Å². The van der Waals surface area contributed by atoms with E-state index in [0.29, 0.717) is 0 Å². The second-order valence-corrected chi connectivity index (χ2v) is 5.82. The number of benzene rings is 1. The number of fused-ring (bicyclic) bond motifs is 1. The summed E-state index contributed by atoms with van der Waals surface area (Å²) in [6.07, 6.45) is 4.64. The van der Waals surface area contributed by atoms with Crippen LogP contribution in [0, 0.1) is 16.7 Å². The molecule has 0 bridgehead atoms. The third-order valence-electron chi connectivity index (χ3n) is 3.77. The van der Waals surface area contributed by atoms with Crippen LogP contribution >= 0.6 is 0 Å². The predicted octanol–water partition coefficient (Wildman–Crippen LogP) is 3.77. The van der Waals surface area contributed by atoms with Gasteiger partial charge in [0, 0.05) is 18.8 Å². The van der Waals surface area contributed by atoms with Crippen LogP contribution in [0.2, 0.25) is 0 Å². The van der Waals surface area contributed by atoms with E-state index in [1.165, 1.54) is 30.5 Å². The average Bonchev–Trinajstić information content (AvgIpc) is 2.59. The molecule has 1 aromatic carbocycles. The Morgan fingerprint density at radius 2 is 2.06 bits per heavy atom. The van der Waals surface area contributed by atoms with Gasteiger partial charge in [-0.05, 0) is 51.2 Å². The topological polar surface area (TPSA) is 27.0 Å². The molecule has 2 nitrogen and oxygen atoms in total. The second kappa shape index (κ2) is 5.44. The molecule has 0 aromatic heterocycles. The number of rotatable bonds is 3. The van der Waals surface area contributed by atoms with E-state index in [9.17, 15) is 0 Å². The van der Waals surface area contributed by atoms with Crippen LogP contribution in [0.1, 0.15) is 38.7 Å². The summed E-state index contributed by atoms with van der Waals surface area (Å²) in [5, 5.41) is 9.11. The molecule has 1 aliphatic rings. The zero-order chi connectivity index (χ0) is 13.0. The maximum atomic E-state index is 9.11. The standard InChI is InChI=1S/C16H22N2/c1-16(2,13-17)10-12-18-11-6-5-8-14-7-3-4-9-15(14)18/h3-4,7,9H,5-6,8,10-12H2,1-2H3. The molecule has 2 rings (SSSR count). The number of hydrogen-bond donors (Lipinski definition) is 0. The summed E-state index contributed by atoms with van der Waals surface area (Å²) in [5.74, 6) is 0. The van der Waals surface area contributed by atoms with Gasteiger partial charge in [0.15, 0.2) is 0 Å². The average molecular weight is 242 g/mol. The summed E-state index contributed by atoms with van der Waals surface area (Å²) < 4.78 is 0. The molecule has 0 radical (unpaired) electrons. The number of hydrogen-bond acceptors (Lipinski definition) is 2. The van der Waals surface area contributed by atoms with Crippen molar-refractivity contribution in [2.75, 3.05) is 18.0 Å². The van der Waals surface area contributed by atoms with Crippen molar-refractivity contribution in [3.8, 4) is 6.07 Å². The number of nitrogens with zero attached hydrogens (tertiary/aromatic N) is 2. The largest absolute Gasteiger partial charge is 0.371 e. The minimum Gasteiger partial charge on any atom is -0.371 e. The van der Waals surface area contributed by atoms with E-state index >= 15 is 0 Å². The van der Waals surface area contributed by atoms with Gasteiger partial charge in [0.25, 0.3) is 0 Å². The molecule has 0 saturated carbocycles. The van der Waals surface area contributed by atoms with E-state index in [-0.39, 0.29) is 5.41 Å². The smallest absolute Gasteiger partial charge is 0.0684 e. The van der Waals surface area contributed by atoms with E-state index in [4.69, 9.17) is 5.26 Å². The first-order valence-corrected chi connectivity index (χ1v) is 6.86. The van der Waals surface area contributed by atoms with Crippen molar-refractivity contribution >= 4 is 5.69 Å². The maximum Gasteiger partial charge on any atom is 0.0684 e. The molecule has 0 amide bonds. The van der Waals surface area contributed by atoms with Crippen LogP contribution in [0.25, 0.3) is 0 Å². The Balaban J connectivity index is 2.11. The predicted molar refractivity (Wildman–Crippen MR) is 75.6 cm³/mol. The Kier molecular flexibility index (Phi) is 3.91. The molecule has 0 aliphatic carbocycles. The minimum atomic E-state index is -0.221. The van der Waals surface area contributed by atoms with Gasteiger partial charge < -0.3 is 4.90 Å². The third kappa shape index (κ3) is 3.04. The molecule has 18 heavy (non-hydrogen) atoms. The van der Waals surface area contributed by atoms with Gasteiger partial charge in [-0.15, -0.1) is 0 Å².